The number of hydrogen-bond donors (Lipinski definition) is 2. The predicted octanol–water partition coefficient (Wildman–Crippen LogP) is 1.08. The van der Waals surface area contributed by atoms with Crippen molar-refractivity contribution in [2.75, 3.05) is 18.9 Å². The molecular formula is C12H14N4O2. The molecular weight excluding hydrogens is 232 g/mol. The molecule has 0 saturated carbocycles. The van der Waals surface area contributed by atoms with Gasteiger partial charge in [-0.2, -0.15) is 4.98 Å². The van der Waals surface area contributed by atoms with Gasteiger partial charge in [-0.25, -0.2) is 0 Å². The van der Waals surface area contributed by atoms with E-state index in [1.54, 1.807) is 12.1 Å². The lowest BCUT2D eigenvalue weighted by Crippen LogP contribution is -2.25. The highest BCUT2D eigenvalue weighted by Gasteiger charge is 2.05. The van der Waals surface area contributed by atoms with Crippen LogP contribution in [-0.2, 0) is 6.42 Å². The van der Waals surface area contributed by atoms with Crippen LogP contribution in [0.5, 0.6) is 0 Å². The summed E-state index contributed by atoms with van der Waals surface area (Å²) in [4.78, 5) is 15.6. The molecule has 0 unspecified atom stereocenters. The van der Waals surface area contributed by atoms with Gasteiger partial charge in [-0.05, 0) is 24.3 Å². The molecule has 2 N–H and O–H groups in total. The number of anilines is 1. The van der Waals surface area contributed by atoms with Crippen LogP contribution in [0, 0.1) is 0 Å². The smallest absolute Gasteiger partial charge is 0.251 e. The van der Waals surface area contributed by atoms with Crippen molar-refractivity contribution < 1.29 is 9.32 Å². The lowest BCUT2D eigenvalue weighted by Gasteiger charge is -2.04. The molecule has 0 atom stereocenters. The molecule has 0 saturated heterocycles. The first-order valence-corrected chi connectivity index (χ1v) is 5.61. The molecule has 0 aliphatic heterocycles. The van der Waals surface area contributed by atoms with Gasteiger partial charge in [0, 0.05) is 31.3 Å². The minimum absolute atomic E-state index is 0.110. The Bertz CT molecular complexity index is 493. The van der Waals surface area contributed by atoms with Gasteiger partial charge in [-0.15, -0.1) is 0 Å². The van der Waals surface area contributed by atoms with E-state index in [4.69, 9.17) is 0 Å². The lowest BCUT2D eigenvalue weighted by molar-refractivity contribution is 0.0954. The largest absolute Gasteiger partial charge is 0.388 e. The highest BCUT2D eigenvalue weighted by molar-refractivity contribution is 5.94. The minimum atomic E-state index is -0.110. The van der Waals surface area contributed by atoms with E-state index in [-0.39, 0.29) is 5.91 Å². The molecule has 0 radical (unpaired) electrons. The van der Waals surface area contributed by atoms with Gasteiger partial charge < -0.3 is 15.2 Å². The Balaban J connectivity index is 1.83. The van der Waals surface area contributed by atoms with Gasteiger partial charge in [-0.3, -0.25) is 4.79 Å². The molecule has 1 heterocycles. The molecule has 1 aromatic carbocycles. The minimum Gasteiger partial charge on any atom is -0.388 e. The zero-order valence-electron chi connectivity index (χ0n) is 10.0. The van der Waals surface area contributed by atoms with E-state index in [0.29, 0.717) is 24.4 Å². The summed E-state index contributed by atoms with van der Waals surface area (Å²) < 4.78 is 4.60. The number of amides is 1. The Morgan fingerprint density at radius 3 is 2.72 bits per heavy atom. The number of carbonyl (C=O) groups is 1. The van der Waals surface area contributed by atoms with E-state index in [2.05, 4.69) is 25.3 Å². The van der Waals surface area contributed by atoms with Gasteiger partial charge >= 0.3 is 0 Å². The first-order chi connectivity index (χ1) is 8.79. The summed E-state index contributed by atoms with van der Waals surface area (Å²) in [6.07, 6.45) is 1.82. The fourth-order valence-corrected chi connectivity index (χ4v) is 1.48. The number of nitrogens with zero attached hydrogens (tertiary/aromatic N) is 2. The summed E-state index contributed by atoms with van der Waals surface area (Å²) in [7, 11) is 1.83. The molecule has 6 heteroatoms. The summed E-state index contributed by atoms with van der Waals surface area (Å²) in [6, 6.07) is 7.26. The highest BCUT2D eigenvalue weighted by atomic mass is 16.5. The molecule has 2 aromatic rings. The van der Waals surface area contributed by atoms with E-state index in [1.165, 1.54) is 6.39 Å². The molecule has 0 aliphatic rings. The van der Waals surface area contributed by atoms with Crippen molar-refractivity contribution in [1.82, 2.24) is 15.5 Å². The first kappa shape index (κ1) is 12.1. The molecule has 1 amide bonds. The van der Waals surface area contributed by atoms with Crippen LogP contribution < -0.4 is 10.6 Å². The van der Waals surface area contributed by atoms with Crippen LogP contribution in [0.15, 0.2) is 35.2 Å². The Morgan fingerprint density at radius 1 is 1.33 bits per heavy atom. The Kier molecular flexibility index (Phi) is 3.90. The summed E-state index contributed by atoms with van der Waals surface area (Å²) in [6.45, 7) is 0.478. The van der Waals surface area contributed by atoms with E-state index in [9.17, 15) is 4.79 Å². The fourth-order valence-electron chi connectivity index (χ4n) is 1.48. The van der Waals surface area contributed by atoms with Crippen molar-refractivity contribution in [1.29, 1.82) is 0 Å². The van der Waals surface area contributed by atoms with Crippen molar-refractivity contribution in [3.05, 3.63) is 42.0 Å². The third-order valence-corrected chi connectivity index (χ3v) is 2.48. The Labute approximate surface area is 104 Å². The maximum Gasteiger partial charge on any atom is 0.251 e. The molecule has 18 heavy (non-hydrogen) atoms. The van der Waals surface area contributed by atoms with Gasteiger partial charge in [0.2, 0.25) is 6.39 Å². The van der Waals surface area contributed by atoms with E-state index >= 15 is 0 Å². The molecule has 1 aromatic heterocycles. The van der Waals surface area contributed by atoms with Crippen molar-refractivity contribution in [3.63, 3.8) is 0 Å². The van der Waals surface area contributed by atoms with Gasteiger partial charge in [0.15, 0.2) is 5.82 Å². The van der Waals surface area contributed by atoms with Crippen LogP contribution in [0.25, 0.3) is 0 Å². The number of nitrogens with one attached hydrogen (secondary N) is 2. The van der Waals surface area contributed by atoms with Crippen LogP contribution in [0.4, 0.5) is 5.69 Å². The van der Waals surface area contributed by atoms with Crippen molar-refractivity contribution in [3.8, 4) is 0 Å². The van der Waals surface area contributed by atoms with E-state index in [1.807, 2.05) is 19.2 Å². The van der Waals surface area contributed by atoms with Crippen LogP contribution in [0.3, 0.4) is 0 Å². The summed E-state index contributed by atoms with van der Waals surface area (Å²) in [5.41, 5.74) is 1.60. The molecule has 0 spiro atoms. The third-order valence-electron chi connectivity index (χ3n) is 2.48. The number of benzene rings is 1. The normalized spacial score (nSPS) is 10.1. The summed E-state index contributed by atoms with van der Waals surface area (Å²) >= 11 is 0. The average molecular weight is 246 g/mol. The van der Waals surface area contributed by atoms with E-state index in [0.717, 1.165) is 5.69 Å². The van der Waals surface area contributed by atoms with E-state index < -0.39 is 0 Å². The SMILES string of the molecule is CNc1ccc(C(=O)NCCc2ncon2)cc1. The summed E-state index contributed by atoms with van der Waals surface area (Å²) in [5.74, 6) is 0.474. The second-order valence-corrected chi connectivity index (χ2v) is 3.68. The van der Waals surface area contributed by atoms with Crippen LogP contribution in [-0.4, -0.2) is 29.6 Å². The predicted molar refractivity (Wildman–Crippen MR) is 66.3 cm³/mol. The maximum absolute atomic E-state index is 11.8. The second-order valence-electron chi connectivity index (χ2n) is 3.68. The van der Waals surface area contributed by atoms with Gasteiger partial charge in [-0.1, -0.05) is 5.16 Å². The zero-order chi connectivity index (χ0) is 12.8. The van der Waals surface area contributed by atoms with Crippen LogP contribution in [0.2, 0.25) is 0 Å². The van der Waals surface area contributed by atoms with Crippen molar-refractivity contribution >= 4 is 11.6 Å². The Morgan fingerprint density at radius 2 is 2.11 bits per heavy atom. The van der Waals surface area contributed by atoms with Crippen LogP contribution >= 0.6 is 0 Å². The number of aromatic nitrogens is 2. The Hall–Kier alpha value is -2.37. The highest BCUT2D eigenvalue weighted by Crippen LogP contribution is 2.08. The number of hydrogen-bond acceptors (Lipinski definition) is 5. The van der Waals surface area contributed by atoms with Gasteiger partial charge in [0.05, 0.1) is 0 Å². The van der Waals surface area contributed by atoms with Crippen molar-refractivity contribution in [2.45, 2.75) is 6.42 Å². The fraction of sp³-hybridized carbons (Fsp3) is 0.250. The standard InChI is InChI=1S/C12H14N4O2/c1-13-10-4-2-9(3-5-10)12(17)14-7-6-11-15-8-18-16-11/h2-5,8,13H,6-7H2,1H3,(H,14,17). The maximum atomic E-state index is 11.8. The summed E-state index contributed by atoms with van der Waals surface area (Å²) in [5, 5.41) is 9.45. The number of carbonyl (C=O) groups excluding carboxylic acids is 1. The van der Waals surface area contributed by atoms with Crippen LogP contribution in [0.1, 0.15) is 16.2 Å². The molecule has 2 rings (SSSR count). The monoisotopic (exact) mass is 246 g/mol. The quantitative estimate of drug-likeness (QED) is 0.825. The number of rotatable bonds is 5. The first-order valence-electron chi connectivity index (χ1n) is 5.61. The molecule has 0 bridgehead atoms. The van der Waals surface area contributed by atoms with Gasteiger partial charge in [0.1, 0.15) is 0 Å². The van der Waals surface area contributed by atoms with Crippen molar-refractivity contribution in [2.24, 2.45) is 0 Å². The molecule has 94 valence electrons. The molecule has 6 nitrogen and oxygen atoms in total. The second kappa shape index (κ2) is 5.81. The van der Waals surface area contributed by atoms with Gasteiger partial charge in [0.25, 0.3) is 5.91 Å². The molecule has 0 fully saturated rings. The third kappa shape index (κ3) is 3.07. The average Bonchev–Trinajstić information content (AvgIpc) is 2.92. The zero-order valence-corrected chi connectivity index (χ0v) is 10.0. The topological polar surface area (TPSA) is 80.0 Å². The molecule has 0 aliphatic carbocycles. The lowest BCUT2D eigenvalue weighted by atomic mass is 10.2.